The van der Waals surface area contributed by atoms with Gasteiger partial charge in [-0.15, -0.1) is 0 Å². The zero-order chi connectivity index (χ0) is 21.5. The van der Waals surface area contributed by atoms with E-state index in [1.807, 2.05) is 24.3 Å². The molecule has 0 aliphatic carbocycles. The number of nitrogens with zero attached hydrogens (tertiary/aromatic N) is 3. The average molecular weight is 411 g/mol. The fourth-order valence-corrected chi connectivity index (χ4v) is 3.86. The molecule has 0 saturated carbocycles. The number of hydrogen-bond donors (Lipinski definition) is 3. The van der Waals surface area contributed by atoms with Gasteiger partial charge in [-0.1, -0.05) is 29.8 Å². The molecule has 0 spiro atoms. The first kappa shape index (κ1) is 18.9. The van der Waals surface area contributed by atoms with Crippen LogP contribution in [0.4, 0.5) is 5.69 Å². The van der Waals surface area contributed by atoms with E-state index in [-0.39, 0.29) is 17.2 Å². The van der Waals surface area contributed by atoms with Gasteiger partial charge in [0, 0.05) is 30.6 Å². The van der Waals surface area contributed by atoms with E-state index in [4.69, 9.17) is 0 Å². The van der Waals surface area contributed by atoms with Crippen molar-refractivity contribution in [1.29, 1.82) is 0 Å². The second-order valence-electron chi connectivity index (χ2n) is 7.72. The maximum atomic E-state index is 13.2. The maximum absolute atomic E-state index is 13.2. The van der Waals surface area contributed by atoms with Crippen LogP contribution in [0, 0.1) is 6.92 Å². The Labute approximate surface area is 178 Å². The molecule has 0 saturated heterocycles. The van der Waals surface area contributed by atoms with Crippen LogP contribution in [0.15, 0.2) is 60.9 Å². The van der Waals surface area contributed by atoms with Gasteiger partial charge in [0.05, 0.1) is 34.1 Å². The van der Waals surface area contributed by atoms with Crippen molar-refractivity contribution in [3.8, 4) is 5.75 Å². The maximum Gasteiger partial charge on any atom is 0.261 e. The molecule has 0 radical (unpaired) electrons. The summed E-state index contributed by atoms with van der Waals surface area (Å²) in [7, 11) is 1.69. The minimum Gasteiger partial charge on any atom is -0.507 e. The van der Waals surface area contributed by atoms with Gasteiger partial charge in [-0.3, -0.25) is 9.89 Å². The molecule has 1 amide bonds. The number of imidazole rings is 1. The standard InChI is InChI=1S/C24H21N5O2/c1-14-4-3-5-15(8-14)9-20-17-11-18(23(30)12-21(17)28-27-20)24(31)29(2)16-6-7-19-22(10-16)26-13-25-19/h3-8,10-13,30H,9H2,1-2H3,(H,25,26)(H,27,28). The monoisotopic (exact) mass is 411 g/mol. The molecular formula is C24H21N5O2. The molecule has 2 aromatic heterocycles. The number of benzene rings is 3. The Morgan fingerprint density at radius 2 is 1.97 bits per heavy atom. The summed E-state index contributed by atoms with van der Waals surface area (Å²) in [5.74, 6) is -0.390. The number of anilines is 1. The number of H-pyrrole nitrogens is 2. The topological polar surface area (TPSA) is 97.9 Å². The van der Waals surface area contributed by atoms with E-state index in [2.05, 4.69) is 45.3 Å². The summed E-state index contributed by atoms with van der Waals surface area (Å²) < 4.78 is 0. The highest BCUT2D eigenvalue weighted by Crippen LogP contribution is 2.29. The molecule has 3 N–H and O–H groups in total. The van der Waals surface area contributed by atoms with E-state index in [1.54, 1.807) is 25.5 Å². The highest BCUT2D eigenvalue weighted by Gasteiger charge is 2.20. The SMILES string of the molecule is Cc1cccc(Cc2n[nH]c3cc(O)c(C(=O)N(C)c4ccc5nc[nH]c5c4)cc23)c1. The molecule has 0 aliphatic rings. The molecule has 0 atom stereocenters. The minimum atomic E-state index is -0.305. The molecule has 0 fully saturated rings. The first-order chi connectivity index (χ1) is 15.0. The van der Waals surface area contributed by atoms with E-state index in [0.29, 0.717) is 17.6 Å². The molecule has 0 bridgehead atoms. The lowest BCUT2D eigenvalue weighted by molar-refractivity contribution is 0.0990. The number of aromatic amines is 2. The lowest BCUT2D eigenvalue weighted by Crippen LogP contribution is -2.26. The first-order valence-corrected chi connectivity index (χ1v) is 9.96. The van der Waals surface area contributed by atoms with Crippen molar-refractivity contribution in [2.45, 2.75) is 13.3 Å². The van der Waals surface area contributed by atoms with Crippen LogP contribution in [0.1, 0.15) is 27.2 Å². The summed E-state index contributed by atoms with van der Waals surface area (Å²) in [6.07, 6.45) is 2.25. The van der Waals surface area contributed by atoms with Crippen molar-refractivity contribution in [2.24, 2.45) is 0 Å². The van der Waals surface area contributed by atoms with E-state index < -0.39 is 0 Å². The first-order valence-electron chi connectivity index (χ1n) is 9.96. The lowest BCUT2D eigenvalue weighted by Gasteiger charge is -2.18. The van der Waals surface area contributed by atoms with Gasteiger partial charge in [0.1, 0.15) is 5.75 Å². The summed E-state index contributed by atoms with van der Waals surface area (Å²) in [6, 6.07) is 17.1. The molecule has 154 valence electrons. The van der Waals surface area contributed by atoms with Crippen molar-refractivity contribution < 1.29 is 9.90 Å². The Morgan fingerprint density at radius 1 is 1.10 bits per heavy atom. The predicted molar refractivity (Wildman–Crippen MR) is 121 cm³/mol. The van der Waals surface area contributed by atoms with Crippen molar-refractivity contribution in [3.05, 3.63) is 83.3 Å². The highest BCUT2D eigenvalue weighted by atomic mass is 16.3. The number of fused-ring (bicyclic) bond motifs is 2. The number of amides is 1. The van der Waals surface area contributed by atoms with Crippen molar-refractivity contribution >= 4 is 33.5 Å². The quantitative estimate of drug-likeness (QED) is 0.410. The number of aryl methyl sites for hydroxylation is 1. The second-order valence-corrected chi connectivity index (χ2v) is 7.72. The summed E-state index contributed by atoms with van der Waals surface area (Å²) in [5.41, 5.74) is 6.44. The molecule has 5 aromatic rings. The molecule has 7 heteroatoms. The molecule has 0 unspecified atom stereocenters. The molecule has 31 heavy (non-hydrogen) atoms. The van der Waals surface area contributed by atoms with Crippen LogP contribution < -0.4 is 4.90 Å². The lowest BCUT2D eigenvalue weighted by atomic mass is 10.0. The Hall–Kier alpha value is -4.13. The van der Waals surface area contributed by atoms with Crippen molar-refractivity contribution in [3.63, 3.8) is 0 Å². The predicted octanol–water partition coefficient (Wildman–Crippen LogP) is 4.32. The Bertz CT molecular complexity index is 1430. The fourth-order valence-electron chi connectivity index (χ4n) is 3.86. The number of phenolic OH excluding ortho intramolecular Hbond substituents is 1. The number of nitrogens with one attached hydrogen (secondary N) is 2. The number of aromatic hydroxyl groups is 1. The Balaban J connectivity index is 1.51. The number of hydrogen-bond acceptors (Lipinski definition) is 4. The van der Waals surface area contributed by atoms with Crippen LogP contribution in [0.5, 0.6) is 5.75 Å². The largest absolute Gasteiger partial charge is 0.507 e. The molecule has 0 aliphatic heterocycles. The van der Waals surface area contributed by atoms with Gasteiger partial charge in [-0.05, 0) is 36.8 Å². The third kappa shape index (κ3) is 3.40. The molecular weight excluding hydrogens is 390 g/mol. The van der Waals surface area contributed by atoms with Crippen LogP contribution in [0.3, 0.4) is 0 Å². The molecule has 3 aromatic carbocycles. The minimum absolute atomic E-state index is 0.0854. The van der Waals surface area contributed by atoms with Gasteiger partial charge in [-0.25, -0.2) is 4.98 Å². The van der Waals surface area contributed by atoms with E-state index in [9.17, 15) is 9.90 Å². The summed E-state index contributed by atoms with van der Waals surface area (Å²) in [4.78, 5) is 22.0. The van der Waals surface area contributed by atoms with Gasteiger partial charge < -0.3 is 15.0 Å². The Kier molecular flexibility index (Phi) is 4.43. The van der Waals surface area contributed by atoms with Gasteiger partial charge >= 0.3 is 0 Å². The number of rotatable bonds is 4. The Morgan fingerprint density at radius 3 is 2.81 bits per heavy atom. The van der Waals surface area contributed by atoms with Crippen LogP contribution >= 0.6 is 0 Å². The van der Waals surface area contributed by atoms with Gasteiger partial charge in [0.2, 0.25) is 0 Å². The van der Waals surface area contributed by atoms with Crippen molar-refractivity contribution in [2.75, 3.05) is 11.9 Å². The van der Waals surface area contributed by atoms with Gasteiger partial charge in [0.15, 0.2) is 0 Å². The molecule has 2 heterocycles. The van der Waals surface area contributed by atoms with Gasteiger partial charge in [0.25, 0.3) is 5.91 Å². The second kappa shape index (κ2) is 7.28. The third-order valence-electron chi connectivity index (χ3n) is 5.54. The highest BCUT2D eigenvalue weighted by molar-refractivity contribution is 6.10. The molecule has 5 rings (SSSR count). The number of phenols is 1. The zero-order valence-electron chi connectivity index (χ0n) is 17.2. The smallest absolute Gasteiger partial charge is 0.261 e. The number of carbonyl (C=O) groups is 1. The van der Waals surface area contributed by atoms with Crippen LogP contribution in [0.25, 0.3) is 21.9 Å². The summed E-state index contributed by atoms with van der Waals surface area (Å²) in [5, 5.41) is 18.7. The number of carbonyl (C=O) groups excluding carboxylic acids is 1. The van der Waals surface area contributed by atoms with E-state index in [1.165, 1.54) is 10.5 Å². The van der Waals surface area contributed by atoms with Crippen molar-refractivity contribution in [1.82, 2.24) is 20.2 Å². The van der Waals surface area contributed by atoms with Crippen LogP contribution in [0.2, 0.25) is 0 Å². The van der Waals surface area contributed by atoms with Crippen LogP contribution in [-0.2, 0) is 6.42 Å². The fraction of sp³-hybridized carbons (Fsp3) is 0.125. The third-order valence-corrected chi connectivity index (χ3v) is 5.54. The van der Waals surface area contributed by atoms with E-state index >= 15 is 0 Å². The molecule has 7 nitrogen and oxygen atoms in total. The summed E-state index contributed by atoms with van der Waals surface area (Å²) in [6.45, 7) is 2.05. The number of aromatic nitrogens is 4. The average Bonchev–Trinajstić information content (AvgIpc) is 3.38. The van der Waals surface area contributed by atoms with Crippen LogP contribution in [-0.4, -0.2) is 38.2 Å². The zero-order valence-corrected chi connectivity index (χ0v) is 17.2. The summed E-state index contributed by atoms with van der Waals surface area (Å²) >= 11 is 0. The normalized spacial score (nSPS) is 11.3. The van der Waals surface area contributed by atoms with E-state index in [0.717, 1.165) is 27.7 Å². The van der Waals surface area contributed by atoms with Gasteiger partial charge in [-0.2, -0.15) is 5.10 Å².